The summed E-state index contributed by atoms with van der Waals surface area (Å²) < 4.78 is 10.7. The van der Waals surface area contributed by atoms with Gasteiger partial charge in [0.25, 0.3) is 0 Å². The number of aryl methyl sites for hydroxylation is 1. The van der Waals surface area contributed by atoms with E-state index < -0.39 is 12.1 Å². The number of hydrogen-bond acceptors (Lipinski definition) is 6. The number of benzene rings is 2. The quantitative estimate of drug-likeness (QED) is 0.220. The van der Waals surface area contributed by atoms with Crippen molar-refractivity contribution in [3.63, 3.8) is 0 Å². The molecule has 0 radical (unpaired) electrons. The van der Waals surface area contributed by atoms with Gasteiger partial charge in [0, 0.05) is 6.42 Å². The first-order valence-corrected chi connectivity index (χ1v) is 14.5. The van der Waals surface area contributed by atoms with Gasteiger partial charge in [0.15, 0.2) is 11.6 Å². The van der Waals surface area contributed by atoms with Crippen LogP contribution in [0.4, 0.5) is 0 Å². The molecule has 2 aromatic rings. The van der Waals surface area contributed by atoms with Crippen LogP contribution in [0.15, 0.2) is 36.4 Å². The third-order valence-corrected chi connectivity index (χ3v) is 6.55. The highest BCUT2D eigenvalue weighted by molar-refractivity contribution is 7.82. The van der Waals surface area contributed by atoms with E-state index in [0.29, 0.717) is 38.5 Å². The Morgan fingerprint density at radius 2 is 1.26 bits per heavy atom. The van der Waals surface area contributed by atoms with Crippen molar-refractivity contribution in [2.24, 2.45) is 0 Å². The number of rotatable bonds is 11. The van der Waals surface area contributed by atoms with Gasteiger partial charge < -0.3 is 20.1 Å². The zero-order chi connectivity index (χ0) is 29.7. The number of thiocarbonyl (C=S) groups is 2. The molecule has 2 N–H and O–H groups in total. The molecule has 8 heteroatoms. The van der Waals surface area contributed by atoms with E-state index in [4.69, 9.17) is 33.9 Å². The molecule has 6 nitrogen and oxygen atoms in total. The molecule has 2 unspecified atom stereocenters. The summed E-state index contributed by atoms with van der Waals surface area (Å²) in [6.07, 6.45) is 2.53. The predicted octanol–water partition coefficient (Wildman–Crippen LogP) is 7.01. The Morgan fingerprint density at radius 1 is 0.821 bits per heavy atom. The summed E-state index contributed by atoms with van der Waals surface area (Å²) in [5, 5.41) is 6.13. The number of hydrogen-bond donors (Lipinski definition) is 2. The number of carbonyl (C=O) groups excluding carboxylic acids is 2. The second kappa shape index (κ2) is 17.0. The van der Waals surface area contributed by atoms with Crippen molar-refractivity contribution in [1.29, 1.82) is 0 Å². The summed E-state index contributed by atoms with van der Waals surface area (Å²) in [5.74, 6) is 1.38. The molecule has 0 aromatic heterocycles. The lowest BCUT2D eigenvalue weighted by atomic mass is 9.99. The van der Waals surface area contributed by atoms with Crippen molar-refractivity contribution < 1.29 is 19.1 Å². The van der Waals surface area contributed by atoms with E-state index in [1.807, 2.05) is 58.9 Å². The molecule has 0 spiro atoms. The molecule has 1 fully saturated rings. The largest absolute Gasteiger partial charge is 0.496 e. The van der Waals surface area contributed by atoms with Gasteiger partial charge in [0.2, 0.25) is 0 Å². The number of methoxy groups -OCH3 is 2. The monoisotopic (exact) mass is 572 g/mol. The van der Waals surface area contributed by atoms with Crippen molar-refractivity contribution in [2.75, 3.05) is 14.2 Å². The minimum Gasteiger partial charge on any atom is -0.496 e. The first kappa shape index (κ1) is 34.2. The van der Waals surface area contributed by atoms with Gasteiger partial charge in [-0.1, -0.05) is 69.8 Å². The van der Waals surface area contributed by atoms with Crippen LogP contribution in [-0.4, -0.2) is 47.8 Å². The lowest BCUT2D eigenvalue weighted by Gasteiger charge is -2.19. The smallest absolute Gasteiger partial charge is 0.188 e. The zero-order valence-corrected chi connectivity index (χ0v) is 26.4. The van der Waals surface area contributed by atoms with Gasteiger partial charge in [0.1, 0.15) is 11.5 Å². The van der Waals surface area contributed by atoms with E-state index in [2.05, 4.69) is 10.6 Å². The summed E-state index contributed by atoms with van der Waals surface area (Å²) in [4.78, 5) is 26.9. The van der Waals surface area contributed by atoms with Gasteiger partial charge in [0.05, 0.1) is 47.4 Å². The van der Waals surface area contributed by atoms with E-state index in [9.17, 15) is 9.59 Å². The maximum absolute atomic E-state index is 13.1. The minimum absolute atomic E-state index is 0.0966. The van der Waals surface area contributed by atoms with Crippen LogP contribution in [0.25, 0.3) is 0 Å². The minimum atomic E-state index is -0.561. The summed E-state index contributed by atoms with van der Waals surface area (Å²) in [7, 11) is 3.10. The number of carbonyl (C=O) groups is 2. The van der Waals surface area contributed by atoms with Crippen LogP contribution in [0.5, 0.6) is 11.5 Å². The second-order valence-corrected chi connectivity index (χ2v) is 9.91. The number of nitrogens with one attached hydrogen (secondary N) is 2. The molecule has 3 rings (SSSR count). The fourth-order valence-corrected chi connectivity index (χ4v) is 4.67. The SMILES string of the molecule is CC.CC.COc1ccc(C)cc1C(=O)C(C)NC(=S)CC(=S)NC(C)C(=O)c1cc(C2CC2)ccc1OC. The highest BCUT2D eigenvalue weighted by Crippen LogP contribution is 2.41. The van der Waals surface area contributed by atoms with E-state index in [0.717, 1.165) is 24.0 Å². The first-order chi connectivity index (χ1) is 18.6. The van der Waals surface area contributed by atoms with Gasteiger partial charge in [-0.3, -0.25) is 9.59 Å². The van der Waals surface area contributed by atoms with Crippen LogP contribution in [-0.2, 0) is 0 Å². The highest BCUT2D eigenvalue weighted by atomic mass is 32.1. The molecule has 1 aliphatic carbocycles. The predicted molar refractivity (Wildman–Crippen MR) is 169 cm³/mol. The standard InChI is InChI=1S/C27H32N2O4S2.2C2H6/c1-15-6-10-22(32-4)20(12-15)26(30)16(2)28-24(34)14-25(35)29-17(3)27(31)21-13-19(18-7-8-18)9-11-23(21)33-5;2*1-2/h6,9-13,16-18H,7-8,14H2,1-5H3,(H,28,34)(H,29,35);2*1-2H3. The maximum atomic E-state index is 13.1. The molecule has 0 bridgehead atoms. The molecule has 2 aromatic carbocycles. The molecule has 39 heavy (non-hydrogen) atoms. The fraction of sp³-hybridized carbons (Fsp3) is 0.484. The molecule has 0 heterocycles. The topological polar surface area (TPSA) is 76.7 Å². The Hall–Kier alpha value is -2.84. The average Bonchev–Trinajstić information content (AvgIpc) is 3.79. The van der Waals surface area contributed by atoms with Crippen LogP contribution in [0, 0.1) is 6.92 Å². The molecule has 2 atom stereocenters. The van der Waals surface area contributed by atoms with Crippen LogP contribution in [0.2, 0.25) is 0 Å². The van der Waals surface area contributed by atoms with E-state index >= 15 is 0 Å². The van der Waals surface area contributed by atoms with Crippen molar-refractivity contribution in [1.82, 2.24) is 10.6 Å². The van der Waals surface area contributed by atoms with Crippen molar-refractivity contribution in [3.05, 3.63) is 58.7 Å². The molecule has 1 saturated carbocycles. The second-order valence-electron chi connectivity index (χ2n) is 8.92. The van der Waals surface area contributed by atoms with Gasteiger partial charge in [-0.2, -0.15) is 0 Å². The summed E-state index contributed by atoms with van der Waals surface area (Å²) in [5.41, 5.74) is 3.18. The molecule has 0 amide bonds. The summed E-state index contributed by atoms with van der Waals surface area (Å²) >= 11 is 10.9. The number of Topliss-reactive ketones (excluding diaryl/α,β-unsaturated/α-hetero) is 2. The lowest BCUT2D eigenvalue weighted by Crippen LogP contribution is -2.42. The number of ketones is 2. The van der Waals surface area contributed by atoms with Gasteiger partial charge >= 0.3 is 0 Å². The third kappa shape index (κ3) is 10.0. The van der Waals surface area contributed by atoms with Crippen LogP contribution in [0.1, 0.15) is 98.6 Å². The Balaban J connectivity index is 0.00000181. The Bertz CT molecular complexity index is 1150. The Kier molecular flexibility index (Phi) is 14.9. The number of ether oxygens (including phenoxy) is 2. The van der Waals surface area contributed by atoms with Crippen LogP contribution >= 0.6 is 24.4 Å². The normalized spacial score (nSPS) is 13.3. The third-order valence-electron chi connectivity index (χ3n) is 6.02. The van der Waals surface area contributed by atoms with Crippen molar-refractivity contribution in [3.8, 4) is 11.5 Å². The fourth-order valence-electron chi connectivity index (χ4n) is 3.93. The molecule has 0 saturated heterocycles. The summed E-state index contributed by atoms with van der Waals surface area (Å²) in [6.45, 7) is 13.4. The van der Waals surface area contributed by atoms with Crippen LogP contribution in [0.3, 0.4) is 0 Å². The molecule has 1 aliphatic rings. The van der Waals surface area contributed by atoms with Crippen LogP contribution < -0.4 is 20.1 Å². The van der Waals surface area contributed by atoms with Gasteiger partial charge in [-0.05, 0) is 69.4 Å². The van der Waals surface area contributed by atoms with Gasteiger partial charge in [-0.25, -0.2) is 0 Å². The molecular formula is C31H44N2O4S2. The highest BCUT2D eigenvalue weighted by Gasteiger charge is 2.27. The van der Waals surface area contributed by atoms with E-state index in [1.54, 1.807) is 33.1 Å². The Morgan fingerprint density at radius 3 is 1.69 bits per heavy atom. The lowest BCUT2D eigenvalue weighted by molar-refractivity contribution is 0.0950. The maximum Gasteiger partial charge on any atom is 0.188 e. The van der Waals surface area contributed by atoms with Crippen molar-refractivity contribution in [2.45, 2.75) is 85.7 Å². The molecule has 214 valence electrons. The zero-order valence-electron chi connectivity index (χ0n) is 24.8. The molecule has 0 aliphatic heterocycles. The molecular weight excluding hydrogens is 528 g/mol. The first-order valence-electron chi connectivity index (χ1n) is 13.6. The van der Waals surface area contributed by atoms with E-state index in [1.165, 1.54) is 7.11 Å². The Labute approximate surface area is 245 Å². The summed E-state index contributed by atoms with van der Waals surface area (Å²) in [6, 6.07) is 10.2. The van der Waals surface area contributed by atoms with Gasteiger partial charge in [-0.15, -0.1) is 0 Å². The van der Waals surface area contributed by atoms with E-state index in [-0.39, 0.29) is 18.0 Å². The van der Waals surface area contributed by atoms with Crippen molar-refractivity contribution >= 4 is 46.0 Å². The average molecular weight is 573 g/mol.